The molecule has 8 nitrogen and oxygen atoms in total. The Morgan fingerprint density at radius 3 is 2.83 bits per heavy atom. The van der Waals surface area contributed by atoms with Gasteiger partial charge in [-0.2, -0.15) is 4.98 Å². The van der Waals surface area contributed by atoms with Gasteiger partial charge in [-0.25, -0.2) is 9.78 Å². The maximum atomic E-state index is 11.3. The number of aromatic nitrogens is 2. The molecule has 1 aromatic rings. The lowest BCUT2D eigenvalue weighted by Gasteiger charge is -2.20. The van der Waals surface area contributed by atoms with Crippen molar-refractivity contribution in [2.75, 3.05) is 31.3 Å². The standard InChI is InChI=1S/C15H27N5O3/c1-4-6-7-11(8-9-23-15(21)17-5-2)19-13-12(22-3)10-18-14(16)20-13/h10-11H,4-9H2,1-3H3,(H,17,21)(H3,16,18,19,20). The minimum atomic E-state index is -0.398. The Morgan fingerprint density at radius 2 is 2.17 bits per heavy atom. The van der Waals surface area contributed by atoms with Crippen molar-refractivity contribution in [1.82, 2.24) is 15.3 Å². The third-order valence-corrected chi connectivity index (χ3v) is 3.26. The van der Waals surface area contributed by atoms with Crippen LogP contribution >= 0.6 is 0 Å². The molecular formula is C15H27N5O3. The quantitative estimate of drug-likeness (QED) is 0.604. The highest BCUT2D eigenvalue weighted by molar-refractivity contribution is 5.66. The van der Waals surface area contributed by atoms with Crippen LogP contribution in [-0.2, 0) is 4.74 Å². The van der Waals surface area contributed by atoms with E-state index in [2.05, 4.69) is 27.5 Å². The number of unbranched alkanes of at least 4 members (excludes halogenated alkanes) is 1. The van der Waals surface area contributed by atoms with Crippen LogP contribution in [0.5, 0.6) is 5.75 Å². The molecule has 0 fully saturated rings. The Balaban J connectivity index is 2.63. The molecule has 0 spiro atoms. The molecule has 1 heterocycles. The second-order valence-electron chi connectivity index (χ2n) is 5.08. The van der Waals surface area contributed by atoms with Crippen LogP contribution in [0.4, 0.5) is 16.6 Å². The molecule has 0 saturated carbocycles. The third-order valence-electron chi connectivity index (χ3n) is 3.26. The molecule has 1 rings (SSSR count). The molecule has 0 aromatic carbocycles. The number of nitrogens with one attached hydrogen (secondary N) is 2. The van der Waals surface area contributed by atoms with Gasteiger partial charge in [-0.3, -0.25) is 0 Å². The number of carbonyl (C=O) groups excluding carboxylic acids is 1. The van der Waals surface area contributed by atoms with Gasteiger partial charge in [0.15, 0.2) is 11.6 Å². The molecule has 0 aliphatic heterocycles. The van der Waals surface area contributed by atoms with Gasteiger partial charge >= 0.3 is 6.09 Å². The highest BCUT2D eigenvalue weighted by Crippen LogP contribution is 2.23. The monoisotopic (exact) mass is 325 g/mol. The van der Waals surface area contributed by atoms with Crippen LogP contribution in [0.1, 0.15) is 39.5 Å². The number of nitrogens with two attached hydrogens (primary N) is 1. The molecule has 1 atom stereocenters. The molecule has 0 aliphatic rings. The van der Waals surface area contributed by atoms with Crippen molar-refractivity contribution in [3.8, 4) is 5.75 Å². The Labute approximate surface area is 137 Å². The summed E-state index contributed by atoms with van der Waals surface area (Å²) in [5, 5.41) is 5.91. The number of nitrogens with zero attached hydrogens (tertiary/aromatic N) is 2. The number of carbonyl (C=O) groups is 1. The van der Waals surface area contributed by atoms with E-state index in [4.69, 9.17) is 15.2 Å². The molecular weight excluding hydrogens is 298 g/mol. The van der Waals surface area contributed by atoms with Crippen molar-refractivity contribution in [2.24, 2.45) is 0 Å². The van der Waals surface area contributed by atoms with Gasteiger partial charge in [-0.1, -0.05) is 19.8 Å². The van der Waals surface area contributed by atoms with Crippen LogP contribution in [-0.4, -0.2) is 42.4 Å². The summed E-state index contributed by atoms with van der Waals surface area (Å²) < 4.78 is 10.4. The highest BCUT2D eigenvalue weighted by atomic mass is 16.5. The van der Waals surface area contributed by atoms with E-state index in [-0.39, 0.29) is 12.0 Å². The van der Waals surface area contributed by atoms with Crippen molar-refractivity contribution in [3.05, 3.63) is 6.20 Å². The first-order chi connectivity index (χ1) is 11.1. The minimum Gasteiger partial charge on any atom is -0.491 e. The molecule has 130 valence electrons. The van der Waals surface area contributed by atoms with Crippen LogP contribution in [0.3, 0.4) is 0 Å². The van der Waals surface area contributed by atoms with E-state index in [0.717, 1.165) is 19.3 Å². The first-order valence-electron chi connectivity index (χ1n) is 7.94. The molecule has 8 heteroatoms. The molecule has 0 aliphatic carbocycles. The molecule has 1 aromatic heterocycles. The van der Waals surface area contributed by atoms with Crippen molar-refractivity contribution < 1.29 is 14.3 Å². The summed E-state index contributed by atoms with van der Waals surface area (Å²) in [5.74, 6) is 1.27. The van der Waals surface area contributed by atoms with Gasteiger partial charge in [-0.05, 0) is 13.3 Å². The molecule has 0 bridgehead atoms. The van der Waals surface area contributed by atoms with E-state index in [9.17, 15) is 4.79 Å². The van der Waals surface area contributed by atoms with Crippen LogP contribution in [0.2, 0.25) is 0 Å². The number of anilines is 2. The van der Waals surface area contributed by atoms with E-state index < -0.39 is 6.09 Å². The molecule has 4 N–H and O–H groups in total. The van der Waals surface area contributed by atoms with E-state index in [1.807, 2.05) is 6.92 Å². The SMILES string of the molecule is CCCCC(CCOC(=O)NCC)Nc1nc(N)ncc1OC. The van der Waals surface area contributed by atoms with Gasteiger partial charge in [0.1, 0.15) is 0 Å². The van der Waals surface area contributed by atoms with Crippen molar-refractivity contribution >= 4 is 17.9 Å². The normalized spacial score (nSPS) is 11.6. The average molecular weight is 325 g/mol. The first-order valence-corrected chi connectivity index (χ1v) is 7.94. The number of rotatable bonds is 10. The summed E-state index contributed by atoms with van der Waals surface area (Å²) >= 11 is 0. The lowest BCUT2D eigenvalue weighted by atomic mass is 10.1. The van der Waals surface area contributed by atoms with E-state index in [0.29, 0.717) is 31.1 Å². The Hall–Kier alpha value is -2.25. The second kappa shape index (κ2) is 10.5. The first kappa shape index (κ1) is 18.8. The van der Waals surface area contributed by atoms with E-state index in [1.54, 1.807) is 7.11 Å². The largest absolute Gasteiger partial charge is 0.491 e. The zero-order valence-corrected chi connectivity index (χ0v) is 14.1. The fraction of sp³-hybridized carbons (Fsp3) is 0.667. The molecule has 0 radical (unpaired) electrons. The minimum absolute atomic E-state index is 0.104. The predicted molar refractivity (Wildman–Crippen MR) is 89.6 cm³/mol. The zero-order chi connectivity index (χ0) is 17.1. The Kier molecular flexibility index (Phi) is 8.56. The maximum absolute atomic E-state index is 11.3. The number of hydrogen-bond donors (Lipinski definition) is 3. The van der Waals surface area contributed by atoms with Crippen molar-refractivity contribution in [3.63, 3.8) is 0 Å². The smallest absolute Gasteiger partial charge is 0.407 e. The number of methoxy groups -OCH3 is 1. The van der Waals surface area contributed by atoms with Gasteiger partial charge in [-0.15, -0.1) is 0 Å². The van der Waals surface area contributed by atoms with Crippen molar-refractivity contribution in [2.45, 2.75) is 45.6 Å². The number of hydrogen-bond acceptors (Lipinski definition) is 7. The third kappa shape index (κ3) is 7.03. The topological polar surface area (TPSA) is 111 Å². The molecule has 1 amide bonds. The number of nitrogen functional groups attached to an aromatic ring is 1. The highest BCUT2D eigenvalue weighted by Gasteiger charge is 2.14. The fourth-order valence-corrected chi connectivity index (χ4v) is 2.06. The van der Waals surface area contributed by atoms with Gasteiger partial charge in [0.05, 0.1) is 19.9 Å². The van der Waals surface area contributed by atoms with Gasteiger partial charge < -0.3 is 25.8 Å². The second-order valence-corrected chi connectivity index (χ2v) is 5.08. The summed E-state index contributed by atoms with van der Waals surface area (Å²) in [6.45, 7) is 4.86. The van der Waals surface area contributed by atoms with Crippen LogP contribution < -0.4 is 21.1 Å². The van der Waals surface area contributed by atoms with Crippen LogP contribution in [0, 0.1) is 0 Å². The number of alkyl carbamates (subject to hydrolysis) is 1. The van der Waals surface area contributed by atoms with Gasteiger partial charge in [0, 0.05) is 19.0 Å². The molecule has 1 unspecified atom stereocenters. The zero-order valence-electron chi connectivity index (χ0n) is 14.1. The predicted octanol–water partition coefficient (Wildman–Crippen LogP) is 2.17. The average Bonchev–Trinajstić information content (AvgIpc) is 2.53. The lowest BCUT2D eigenvalue weighted by molar-refractivity contribution is 0.143. The summed E-state index contributed by atoms with van der Waals surface area (Å²) in [4.78, 5) is 19.4. The van der Waals surface area contributed by atoms with Gasteiger partial charge in [0.25, 0.3) is 0 Å². The summed E-state index contributed by atoms with van der Waals surface area (Å²) in [6, 6.07) is 0.104. The van der Waals surface area contributed by atoms with Crippen LogP contribution in [0.25, 0.3) is 0 Å². The van der Waals surface area contributed by atoms with E-state index in [1.165, 1.54) is 6.20 Å². The lowest BCUT2D eigenvalue weighted by Crippen LogP contribution is -2.27. The fourth-order valence-electron chi connectivity index (χ4n) is 2.06. The molecule has 23 heavy (non-hydrogen) atoms. The number of amides is 1. The van der Waals surface area contributed by atoms with Crippen LogP contribution in [0.15, 0.2) is 6.20 Å². The summed E-state index contributed by atoms with van der Waals surface area (Å²) in [7, 11) is 1.55. The summed E-state index contributed by atoms with van der Waals surface area (Å²) in [6.07, 6.45) is 4.88. The molecule has 0 saturated heterocycles. The van der Waals surface area contributed by atoms with E-state index >= 15 is 0 Å². The van der Waals surface area contributed by atoms with Gasteiger partial charge in [0.2, 0.25) is 5.95 Å². The maximum Gasteiger partial charge on any atom is 0.407 e. The number of ether oxygens (including phenoxy) is 2. The Bertz CT molecular complexity index is 484. The summed E-state index contributed by atoms with van der Waals surface area (Å²) in [5.41, 5.74) is 5.64. The van der Waals surface area contributed by atoms with Crippen molar-refractivity contribution in [1.29, 1.82) is 0 Å². The Morgan fingerprint density at radius 1 is 1.39 bits per heavy atom.